The zero-order valence-corrected chi connectivity index (χ0v) is 14.8. The molecule has 23 heavy (non-hydrogen) atoms. The fraction of sp³-hybridized carbons (Fsp3) is 0.0909. The molecule has 1 heteroatoms. The maximum atomic E-state index is 3.53. The number of hydrogen-bond donors (Lipinski definition) is 0. The molecule has 0 saturated carbocycles. The molecule has 0 aromatic heterocycles. The minimum Gasteiger partial charge on any atom is -0.0616 e. The summed E-state index contributed by atoms with van der Waals surface area (Å²) in [4.78, 5) is 0. The highest BCUT2D eigenvalue weighted by atomic mass is 79.9. The summed E-state index contributed by atoms with van der Waals surface area (Å²) in [5, 5.41) is 5.23. The summed E-state index contributed by atoms with van der Waals surface area (Å²) in [5.41, 5.74) is 5.31. The monoisotopic (exact) mass is 360 g/mol. The van der Waals surface area contributed by atoms with E-state index in [1.807, 2.05) is 0 Å². The molecule has 0 radical (unpaired) electrons. The Morgan fingerprint density at radius 2 is 1.35 bits per heavy atom. The lowest BCUT2D eigenvalue weighted by molar-refractivity contribution is 1.36. The predicted octanol–water partition coefficient (Wildman–Crippen LogP) is 7.04. The second-order valence-corrected chi connectivity index (χ2v) is 7.04. The largest absolute Gasteiger partial charge is 0.0616 e. The third kappa shape index (κ3) is 2.46. The average molecular weight is 361 g/mol. The van der Waals surface area contributed by atoms with Gasteiger partial charge in [-0.15, -0.1) is 0 Å². The topological polar surface area (TPSA) is 0 Å². The van der Waals surface area contributed by atoms with Crippen LogP contribution in [-0.4, -0.2) is 0 Å². The van der Waals surface area contributed by atoms with Crippen molar-refractivity contribution in [3.8, 4) is 11.1 Å². The summed E-state index contributed by atoms with van der Waals surface area (Å²) in [6, 6.07) is 24.1. The van der Waals surface area contributed by atoms with E-state index in [9.17, 15) is 0 Å². The van der Waals surface area contributed by atoms with Crippen LogP contribution in [0.2, 0.25) is 0 Å². The zero-order valence-electron chi connectivity index (χ0n) is 13.2. The smallest absolute Gasteiger partial charge is 0.0175 e. The second-order valence-electron chi connectivity index (χ2n) is 6.12. The van der Waals surface area contributed by atoms with Gasteiger partial charge in [0.2, 0.25) is 0 Å². The van der Waals surface area contributed by atoms with Gasteiger partial charge in [0, 0.05) is 4.47 Å². The molecule has 0 saturated heterocycles. The number of aryl methyl sites for hydroxylation is 1. The van der Waals surface area contributed by atoms with E-state index in [0.29, 0.717) is 0 Å². The Balaban J connectivity index is 2.13. The van der Waals surface area contributed by atoms with Crippen LogP contribution in [0, 0.1) is 13.8 Å². The van der Waals surface area contributed by atoms with Gasteiger partial charge in [-0.1, -0.05) is 58.4 Å². The molecule has 0 bridgehead atoms. The first-order valence-corrected chi connectivity index (χ1v) is 8.61. The van der Waals surface area contributed by atoms with Gasteiger partial charge in [0.25, 0.3) is 0 Å². The van der Waals surface area contributed by atoms with Crippen molar-refractivity contribution >= 4 is 37.5 Å². The molecule has 0 fully saturated rings. The minimum absolute atomic E-state index is 1.11. The Kier molecular flexibility index (Phi) is 3.46. The van der Waals surface area contributed by atoms with Crippen molar-refractivity contribution in [1.29, 1.82) is 0 Å². The van der Waals surface area contributed by atoms with Crippen molar-refractivity contribution in [3.05, 3.63) is 82.3 Å². The molecule has 0 aliphatic carbocycles. The van der Waals surface area contributed by atoms with Crippen LogP contribution in [0.25, 0.3) is 32.7 Å². The van der Waals surface area contributed by atoms with Gasteiger partial charge >= 0.3 is 0 Å². The Morgan fingerprint density at radius 1 is 0.696 bits per heavy atom. The van der Waals surface area contributed by atoms with Gasteiger partial charge < -0.3 is 0 Å². The van der Waals surface area contributed by atoms with Crippen LogP contribution in [0.1, 0.15) is 11.1 Å². The van der Waals surface area contributed by atoms with E-state index in [-0.39, 0.29) is 0 Å². The molecule has 0 unspecified atom stereocenters. The molecule has 0 N–H and O–H groups in total. The van der Waals surface area contributed by atoms with E-state index in [4.69, 9.17) is 0 Å². The number of benzene rings is 4. The first-order valence-electron chi connectivity index (χ1n) is 7.82. The van der Waals surface area contributed by atoms with Gasteiger partial charge in [0.05, 0.1) is 0 Å². The quantitative estimate of drug-likeness (QED) is 0.319. The maximum Gasteiger partial charge on any atom is 0.0175 e. The number of hydrogen-bond acceptors (Lipinski definition) is 0. The number of rotatable bonds is 1. The van der Waals surface area contributed by atoms with Crippen LogP contribution in [0.5, 0.6) is 0 Å². The van der Waals surface area contributed by atoms with Crippen LogP contribution in [-0.2, 0) is 0 Å². The van der Waals surface area contributed by atoms with E-state index in [1.54, 1.807) is 0 Å². The van der Waals surface area contributed by atoms with E-state index in [0.717, 1.165) is 4.47 Å². The number of halogens is 1. The third-order valence-electron chi connectivity index (χ3n) is 4.66. The van der Waals surface area contributed by atoms with E-state index >= 15 is 0 Å². The van der Waals surface area contributed by atoms with Crippen molar-refractivity contribution in [3.63, 3.8) is 0 Å². The summed E-state index contributed by atoms with van der Waals surface area (Å²) < 4.78 is 1.11. The Hall–Kier alpha value is -2.12. The van der Waals surface area contributed by atoms with Crippen molar-refractivity contribution in [2.75, 3.05) is 0 Å². The fourth-order valence-corrected chi connectivity index (χ4v) is 3.59. The molecule has 0 atom stereocenters. The lowest BCUT2D eigenvalue weighted by Gasteiger charge is -2.15. The second kappa shape index (κ2) is 5.50. The molecular formula is C22H17Br. The molecule has 0 heterocycles. The highest BCUT2D eigenvalue weighted by Gasteiger charge is 2.11. The standard InChI is InChI=1S/C22H17Br/c1-14-11-19-12-17-5-3-4-6-18(17)13-21(19)22(15(14)2)16-7-9-20(23)10-8-16/h3-13H,1-2H3. The predicted molar refractivity (Wildman–Crippen MR) is 104 cm³/mol. The Labute approximate surface area is 144 Å². The zero-order chi connectivity index (χ0) is 16.0. The molecule has 0 spiro atoms. The van der Waals surface area contributed by atoms with Crippen molar-refractivity contribution in [2.45, 2.75) is 13.8 Å². The van der Waals surface area contributed by atoms with Crippen molar-refractivity contribution < 1.29 is 0 Å². The molecule has 0 nitrogen and oxygen atoms in total. The lowest BCUT2D eigenvalue weighted by Crippen LogP contribution is -1.91. The molecule has 4 aromatic carbocycles. The highest BCUT2D eigenvalue weighted by molar-refractivity contribution is 9.10. The molecule has 0 aliphatic rings. The van der Waals surface area contributed by atoms with Crippen LogP contribution in [0.3, 0.4) is 0 Å². The summed E-state index contributed by atoms with van der Waals surface area (Å²) >= 11 is 3.53. The van der Waals surface area contributed by atoms with Gasteiger partial charge in [-0.05, 0) is 81.9 Å². The normalized spacial score (nSPS) is 11.3. The van der Waals surface area contributed by atoms with E-state index < -0.39 is 0 Å². The van der Waals surface area contributed by atoms with Gasteiger partial charge in [-0.25, -0.2) is 0 Å². The Morgan fingerprint density at radius 3 is 2.04 bits per heavy atom. The minimum atomic E-state index is 1.11. The van der Waals surface area contributed by atoms with Crippen LogP contribution >= 0.6 is 15.9 Å². The fourth-order valence-electron chi connectivity index (χ4n) is 3.32. The van der Waals surface area contributed by atoms with Crippen LogP contribution in [0.4, 0.5) is 0 Å². The van der Waals surface area contributed by atoms with Gasteiger partial charge in [-0.3, -0.25) is 0 Å². The summed E-state index contributed by atoms with van der Waals surface area (Å²) in [6.07, 6.45) is 0. The third-order valence-corrected chi connectivity index (χ3v) is 5.19. The highest BCUT2D eigenvalue weighted by Crippen LogP contribution is 2.36. The van der Waals surface area contributed by atoms with Crippen LogP contribution < -0.4 is 0 Å². The van der Waals surface area contributed by atoms with Crippen molar-refractivity contribution in [2.24, 2.45) is 0 Å². The van der Waals surface area contributed by atoms with Crippen molar-refractivity contribution in [1.82, 2.24) is 0 Å². The SMILES string of the molecule is Cc1cc2cc3ccccc3cc2c(-c2ccc(Br)cc2)c1C. The molecule has 0 amide bonds. The average Bonchev–Trinajstić information content (AvgIpc) is 2.56. The van der Waals surface area contributed by atoms with Crippen LogP contribution in [0.15, 0.2) is 71.2 Å². The molecule has 0 aliphatic heterocycles. The van der Waals surface area contributed by atoms with Gasteiger partial charge in [-0.2, -0.15) is 0 Å². The Bertz CT molecular complexity index is 1030. The molecular weight excluding hydrogens is 344 g/mol. The first-order chi connectivity index (χ1) is 11.1. The maximum absolute atomic E-state index is 3.53. The van der Waals surface area contributed by atoms with Gasteiger partial charge in [0.15, 0.2) is 0 Å². The summed E-state index contributed by atoms with van der Waals surface area (Å²) in [6.45, 7) is 4.42. The first kappa shape index (κ1) is 14.5. The summed E-state index contributed by atoms with van der Waals surface area (Å²) in [7, 11) is 0. The van der Waals surface area contributed by atoms with E-state index in [1.165, 1.54) is 43.8 Å². The van der Waals surface area contributed by atoms with E-state index in [2.05, 4.69) is 96.5 Å². The number of fused-ring (bicyclic) bond motifs is 2. The lowest BCUT2D eigenvalue weighted by atomic mass is 9.89. The summed E-state index contributed by atoms with van der Waals surface area (Å²) in [5.74, 6) is 0. The molecule has 112 valence electrons. The van der Waals surface area contributed by atoms with Gasteiger partial charge in [0.1, 0.15) is 0 Å². The molecule has 4 rings (SSSR count). The molecule has 4 aromatic rings.